The number of ketones is 1. The smallest absolute Gasteiger partial charge is 0.354 e. The van der Waals surface area contributed by atoms with E-state index in [4.69, 9.17) is 4.74 Å². The SMILES string of the molecule is CCOC(=O)C(=CC=C(SC)C(=O)c1ccc(-c2ccccc2)cc1)N(C)C. The van der Waals surface area contributed by atoms with Crippen LogP contribution < -0.4 is 0 Å². The Morgan fingerprint density at radius 3 is 2.11 bits per heavy atom. The minimum atomic E-state index is -0.413. The lowest BCUT2D eigenvalue weighted by molar-refractivity contribution is -0.140. The van der Waals surface area contributed by atoms with E-state index in [1.54, 1.807) is 38.1 Å². The summed E-state index contributed by atoms with van der Waals surface area (Å²) in [4.78, 5) is 27.1. The summed E-state index contributed by atoms with van der Waals surface area (Å²) >= 11 is 1.35. The number of benzene rings is 2. The van der Waals surface area contributed by atoms with E-state index in [2.05, 4.69) is 0 Å². The molecule has 0 saturated carbocycles. The minimum Gasteiger partial charge on any atom is -0.461 e. The van der Waals surface area contributed by atoms with Crippen molar-refractivity contribution in [2.24, 2.45) is 0 Å². The van der Waals surface area contributed by atoms with Crippen LogP contribution in [-0.4, -0.2) is 43.6 Å². The Labute approximate surface area is 170 Å². The second-order valence-electron chi connectivity index (χ2n) is 6.17. The monoisotopic (exact) mass is 395 g/mol. The number of esters is 1. The molecule has 0 spiro atoms. The molecule has 2 aromatic rings. The van der Waals surface area contributed by atoms with Gasteiger partial charge in [-0.15, -0.1) is 11.8 Å². The van der Waals surface area contributed by atoms with E-state index in [1.807, 2.05) is 60.9 Å². The zero-order valence-electron chi connectivity index (χ0n) is 16.6. The molecular formula is C23H25NO3S. The van der Waals surface area contributed by atoms with E-state index in [0.29, 0.717) is 22.8 Å². The molecule has 0 aromatic heterocycles. The van der Waals surface area contributed by atoms with Crippen molar-refractivity contribution in [2.45, 2.75) is 6.92 Å². The van der Waals surface area contributed by atoms with Crippen LogP contribution in [0.2, 0.25) is 0 Å². The summed E-state index contributed by atoms with van der Waals surface area (Å²) in [6.07, 6.45) is 5.14. The van der Waals surface area contributed by atoms with E-state index < -0.39 is 5.97 Å². The van der Waals surface area contributed by atoms with Gasteiger partial charge in [-0.1, -0.05) is 54.6 Å². The highest BCUT2D eigenvalue weighted by atomic mass is 32.2. The molecule has 0 atom stereocenters. The third kappa shape index (κ3) is 5.60. The molecule has 0 saturated heterocycles. The fourth-order valence-corrected chi connectivity index (χ4v) is 3.09. The van der Waals surface area contributed by atoms with Gasteiger partial charge < -0.3 is 9.64 Å². The lowest BCUT2D eigenvalue weighted by Crippen LogP contribution is -2.21. The second-order valence-corrected chi connectivity index (χ2v) is 7.02. The Bertz CT molecular complexity index is 868. The quantitative estimate of drug-likeness (QED) is 0.278. The van der Waals surface area contributed by atoms with Gasteiger partial charge in [0.05, 0.1) is 11.5 Å². The van der Waals surface area contributed by atoms with Crippen LogP contribution in [0.5, 0.6) is 0 Å². The van der Waals surface area contributed by atoms with E-state index in [1.165, 1.54) is 11.8 Å². The first kappa shape index (κ1) is 21.5. The van der Waals surface area contributed by atoms with Gasteiger partial charge in [0.1, 0.15) is 5.70 Å². The fraction of sp³-hybridized carbons (Fsp3) is 0.217. The van der Waals surface area contributed by atoms with E-state index in [-0.39, 0.29) is 5.78 Å². The predicted molar refractivity (Wildman–Crippen MR) is 116 cm³/mol. The highest BCUT2D eigenvalue weighted by molar-refractivity contribution is 8.03. The number of carbonyl (C=O) groups is 2. The van der Waals surface area contributed by atoms with Gasteiger partial charge in [0, 0.05) is 19.7 Å². The zero-order valence-corrected chi connectivity index (χ0v) is 17.5. The van der Waals surface area contributed by atoms with Crippen LogP contribution in [0.1, 0.15) is 17.3 Å². The van der Waals surface area contributed by atoms with Crippen molar-refractivity contribution in [3.05, 3.63) is 82.9 Å². The molecule has 0 bridgehead atoms. The average Bonchev–Trinajstić information content (AvgIpc) is 2.71. The predicted octanol–water partition coefficient (Wildman–Crippen LogP) is 4.79. The highest BCUT2D eigenvalue weighted by Crippen LogP contribution is 2.23. The van der Waals surface area contributed by atoms with Gasteiger partial charge in [-0.3, -0.25) is 4.79 Å². The highest BCUT2D eigenvalue weighted by Gasteiger charge is 2.14. The van der Waals surface area contributed by atoms with Crippen LogP contribution >= 0.6 is 11.8 Å². The van der Waals surface area contributed by atoms with Crippen molar-refractivity contribution in [3.8, 4) is 11.1 Å². The van der Waals surface area contributed by atoms with Gasteiger partial charge in [-0.25, -0.2) is 4.79 Å². The molecule has 2 aromatic carbocycles. The summed E-state index contributed by atoms with van der Waals surface area (Å²) in [5.41, 5.74) is 3.16. The standard InChI is InChI=1S/C23H25NO3S/c1-5-27-23(26)20(24(2)3)15-16-21(28-4)22(25)19-13-11-18(12-14-19)17-9-7-6-8-10-17/h6-16H,5H2,1-4H3. The van der Waals surface area contributed by atoms with Gasteiger partial charge in [0.2, 0.25) is 0 Å². The van der Waals surface area contributed by atoms with Crippen molar-refractivity contribution < 1.29 is 14.3 Å². The van der Waals surface area contributed by atoms with E-state index in [0.717, 1.165) is 11.1 Å². The molecule has 0 aliphatic rings. The number of ether oxygens (including phenoxy) is 1. The van der Waals surface area contributed by atoms with Crippen LogP contribution in [-0.2, 0) is 9.53 Å². The second kappa shape index (κ2) is 10.5. The molecule has 5 heteroatoms. The maximum atomic E-state index is 12.9. The Hall–Kier alpha value is -2.79. The van der Waals surface area contributed by atoms with Crippen LogP contribution in [0.3, 0.4) is 0 Å². The molecule has 0 heterocycles. The minimum absolute atomic E-state index is 0.0784. The van der Waals surface area contributed by atoms with Gasteiger partial charge in [0.25, 0.3) is 0 Å². The third-order valence-corrected chi connectivity index (χ3v) is 4.82. The number of rotatable bonds is 8. The summed E-state index contributed by atoms with van der Waals surface area (Å²) in [5, 5.41) is 0. The number of nitrogens with zero attached hydrogens (tertiary/aromatic N) is 1. The fourth-order valence-electron chi connectivity index (χ4n) is 2.58. The first-order valence-corrected chi connectivity index (χ1v) is 10.2. The molecule has 2 rings (SSSR count). The molecule has 28 heavy (non-hydrogen) atoms. The Balaban J connectivity index is 2.25. The summed E-state index contributed by atoms with van der Waals surface area (Å²) in [6, 6.07) is 17.6. The lowest BCUT2D eigenvalue weighted by atomic mass is 10.0. The first-order valence-electron chi connectivity index (χ1n) is 8.98. The molecule has 0 N–H and O–H groups in total. The van der Waals surface area contributed by atoms with Gasteiger partial charge in [-0.05, 0) is 36.5 Å². The normalized spacial score (nSPS) is 11.9. The maximum Gasteiger partial charge on any atom is 0.354 e. The van der Waals surface area contributed by atoms with E-state index >= 15 is 0 Å². The number of carbonyl (C=O) groups excluding carboxylic acids is 2. The van der Waals surface area contributed by atoms with Crippen LogP contribution in [0.15, 0.2) is 77.4 Å². The van der Waals surface area contributed by atoms with E-state index in [9.17, 15) is 9.59 Å². The molecule has 0 fully saturated rings. The molecule has 0 unspecified atom stereocenters. The number of likely N-dealkylation sites (N-methyl/N-ethyl adjacent to an activating group) is 1. The molecule has 0 amide bonds. The molecule has 0 aliphatic heterocycles. The van der Waals surface area contributed by atoms with Crippen molar-refractivity contribution in [1.29, 1.82) is 0 Å². The number of allylic oxidation sites excluding steroid dienone is 3. The zero-order chi connectivity index (χ0) is 20.5. The van der Waals surface area contributed by atoms with Crippen molar-refractivity contribution in [1.82, 2.24) is 4.90 Å². The van der Waals surface area contributed by atoms with Gasteiger partial charge in [-0.2, -0.15) is 0 Å². The number of hydrogen-bond acceptors (Lipinski definition) is 5. The summed E-state index contributed by atoms with van der Waals surface area (Å²) in [5.74, 6) is -0.491. The summed E-state index contributed by atoms with van der Waals surface area (Å²) in [7, 11) is 3.53. The number of hydrogen-bond donors (Lipinski definition) is 0. The molecule has 0 radical (unpaired) electrons. The van der Waals surface area contributed by atoms with Crippen molar-refractivity contribution in [2.75, 3.05) is 27.0 Å². The topological polar surface area (TPSA) is 46.6 Å². The largest absolute Gasteiger partial charge is 0.461 e. The molecule has 146 valence electrons. The average molecular weight is 396 g/mol. The lowest BCUT2D eigenvalue weighted by Gasteiger charge is -2.15. The van der Waals surface area contributed by atoms with Crippen molar-refractivity contribution in [3.63, 3.8) is 0 Å². The number of thioether (sulfide) groups is 1. The summed E-state index contributed by atoms with van der Waals surface area (Å²) in [6.45, 7) is 2.06. The van der Waals surface area contributed by atoms with Crippen LogP contribution in [0, 0.1) is 0 Å². The van der Waals surface area contributed by atoms with Gasteiger partial charge in [0.15, 0.2) is 5.78 Å². The van der Waals surface area contributed by atoms with Crippen LogP contribution in [0.25, 0.3) is 11.1 Å². The number of Topliss-reactive ketones (excluding diaryl/α,β-unsaturated/α-hetero) is 1. The summed E-state index contributed by atoms with van der Waals surface area (Å²) < 4.78 is 5.06. The third-order valence-electron chi connectivity index (χ3n) is 4.06. The molecule has 4 nitrogen and oxygen atoms in total. The Kier molecular flexibility index (Phi) is 8.08. The van der Waals surface area contributed by atoms with Gasteiger partial charge >= 0.3 is 5.97 Å². The molecular weight excluding hydrogens is 370 g/mol. The first-order chi connectivity index (χ1) is 13.5. The maximum absolute atomic E-state index is 12.9. The molecule has 0 aliphatic carbocycles. The Morgan fingerprint density at radius 1 is 0.964 bits per heavy atom. The van der Waals surface area contributed by atoms with Crippen LogP contribution in [0.4, 0.5) is 0 Å². The Morgan fingerprint density at radius 2 is 1.57 bits per heavy atom. The van der Waals surface area contributed by atoms with Crippen molar-refractivity contribution >= 4 is 23.5 Å².